The van der Waals surface area contributed by atoms with E-state index in [1.54, 1.807) is 6.92 Å². The van der Waals surface area contributed by atoms with Crippen molar-refractivity contribution >= 4 is 68.1 Å². The first-order valence-corrected chi connectivity index (χ1v) is 10.4. The van der Waals surface area contributed by atoms with Gasteiger partial charge in [-0.15, -0.1) is 0 Å². The molecule has 138 valence electrons. The Balaban J connectivity index is 3.38. The summed E-state index contributed by atoms with van der Waals surface area (Å²) in [6, 6.07) is 4.28. The number of aliphatic hydroxyl groups is 1. The summed E-state index contributed by atoms with van der Waals surface area (Å²) in [6.45, 7) is 1.75. The van der Waals surface area contributed by atoms with Crippen LogP contribution >= 0.6 is 58.0 Å². The van der Waals surface area contributed by atoms with Crippen molar-refractivity contribution in [1.29, 1.82) is 0 Å². The van der Waals surface area contributed by atoms with Crippen LogP contribution in [0.1, 0.15) is 38.2 Å². The number of hydrogen-bond donors (Lipinski definition) is 2. The molecule has 1 aromatic rings. The van der Waals surface area contributed by atoms with Gasteiger partial charge >= 0.3 is 0 Å². The summed E-state index contributed by atoms with van der Waals surface area (Å²) in [5, 5.41) is 10.3. The maximum absolute atomic E-state index is 11.6. The molecule has 0 spiro atoms. The average Bonchev–Trinajstić information content (AvgIpc) is 2.33. The number of alkyl halides is 3. The Morgan fingerprint density at radius 2 is 1.62 bits per heavy atom. The minimum Gasteiger partial charge on any atom is -0.385 e. The molecule has 2 unspecified atom stereocenters. The predicted molar refractivity (Wildman–Crippen MR) is 100 cm³/mol. The van der Waals surface area contributed by atoms with E-state index in [4.69, 9.17) is 58.0 Å². The van der Waals surface area contributed by atoms with Gasteiger partial charge in [0.25, 0.3) is 10.1 Å². The molecule has 0 bridgehead atoms. The second-order valence-corrected chi connectivity index (χ2v) is 10.7. The predicted octanol–water partition coefficient (Wildman–Crippen LogP) is 5.39. The number of hydrogen-bond acceptors (Lipinski definition) is 3. The molecule has 0 heterocycles. The Morgan fingerprint density at radius 3 is 2.00 bits per heavy atom. The first-order valence-electron chi connectivity index (χ1n) is 6.99. The molecule has 0 amide bonds. The molecule has 4 nitrogen and oxygen atoms in total. The maximum Gasteiger partial charge on any atom is 0.267 e. The van der Waals surface area contributed by atoms with Crippen LogP contribution in [0, 0.1) is 0 Å². The van der Waals surface area contributed by atoms with Gasteiger partial charge in [-0.3, -0.25) is 4.55 Å². The summed E-state index contributed by atoms with van der Waals surface area (Å²) in [4.78, 5) is 0. The Kier molecular flexibility index (Phi) is 7.98. The zero-order valence-electron chi connectivity index (χ0n) is 12.6. The topological polar surface area (TPSA) is 74.6 Å². The van der Waals surface area contributed by atoms with Crippen LogP contribution in [0.2, 0.25) is 10.0 Å². The third kappa shape index (κ3) is 7.04. The molecular formula is C14H17Cl5O4S. The highest BCUT2D eigenvalue weighted by atomic mass is 35.6. The zero-order valence-corrected chi connectivity index (χ0v) is 17.2. The largest absolute Gasteiger partial charge is 0.385 e. The molecule has 0 aliphatic rings. The molecule has 0 aliphatic carbocycles. The van der Waals surface area contributed by atoms with E-state index in [1.807, 2.05) is 0 Å². The Bertz CT molecular complexity index is 654. The minimum atomic E-state index is -4.40. The Morgan fingerprint density at radius 1 is 1.12 bits per heavy atom. The van der Waals surface area contributed by atoms with Gasteiger partial charge < -0.3 is 5.11 Å². The van der Waals surface area contributed by atoms with Crippen LogP contribution in [-0.2, 0) is 15.7 Å². The summed E-state index contributed by atoms with van der Waals surface area (Å²) in [5.74, 6) is 0. The van der Waals surface area contributed by atoms with Crippen LogP contribution in [0.25, 0.3) is 0 Å². The van der Waals surface area contributed by atoms with Gasteiger partial charge in [-0.1, -0.05) is 71.3 Å². The van der Waals surface area contributed by atoms with Crippen molar-refractivity contribution in [3.8, 4) is 0 Å². The molecule has 0 saturated carbocycles. The van der Waals surface area contributed by atoms with E-state index >= 15 is 0 Å². The van der Waals surface area contributed by atoms with Gasteiger partial charge in [0.2, 0.25) is 0 Å². The monoisotopic (exact) mass is 456 g/mol. The number of halogens is 5. The Hall–Kier alpha value is 0.540. The van der Waals surface area contributed by atoms with Crippen LogP contribution in [0.5, 0.6) is 0 Å². The standard InChI is InChI=1S/C14H17Cl5O4S/c1-2-3-12(24(21,22)23)7-13(20,8-14(17,18)19)9-4-10(15)6-11(16)5-9/h4-6,12,20H,2-3,7-8H2,1H3,(H,21,22,23). The average molecular weight is 459 g/mol. The first-order chi connectivity index (χ1) is 10.8. The van der Waals surface area contributed by atoms with Crippen LogP contribution in [0.4, 0.5) is 0 Å². The van der Waals surface area contributed by atoms with E-state index in [2.05, 4.69) is 0 Å². The smallest absolute Gasteiger partial charge is 0.267 e. The lowest BCUT2D eigenvalue weighted by atomic mass is 9.85. The molecule has 0 saturated heterocycles. The molecule has 0 aliphatic heterocycles. The van der Waals surface area contributed by atoms with Crippen LogP contribution in [-0.4, -0.2) is 27.1 Å². The molecule has 10 heteroatoms. The molecule has 1 aromatic carbocycles. The van der Waals surface area contributed by atoms with E-state index in [0.717, 1.165) is 0 Å². The van der Waals surface area contributed by atoms with Crippen molar-refractivity contribution in [2.75, 3.05) is 0 Å². The third-order valence-corrected chi connectivity index (χ3v) is 5.57. The van der Waals surface area contributed by atoms with Gasteiger partial charge in [-0.25, -0.2) is 0 Å². The van der Waals surface area contributed by atoms with E-state index in [-0.39, 0.29) is 28.5 Å². The lowest BCUT2D eigenvalue weighted by Crippen LogP contribution is -2.37. The molecule has 2 N–H and O–H groups in total. The van der Waals surface area contributed by atoms with E-state index in [0.29, 0.717) is 6.42 Å². The van der Waals surface area contributed by atoms with Crippen LogP contribution in [0.15, 0.2) is 18.2 Å². The lowest BCUT2D eigenvalue weighted by molar-refractivity contribution is 0.0174. The van der Waals surface area contributed by atoms with Crippen molar-refractivity contribution in [2.45, 2.75) is 47.3 Å². The van der Waals surface area contributed by atoms with Gasteiger partial charge in [0.15, 0.2) is 3.79 Å². The van der Waals surface area contributed by atoms with Crippen molar-refractivity contribution in [3.05, 3.63) is 33.8 Å². The zero-order chi connectivity index (χ0) is 18.8. The van der Waals surface area contributed by atoms with Crippen molar-refractivity contribution in [2.24, 2.45) is 0 Å². The summed E-state index contributed by atoms with van der Waals surface area (Å²) in [6.07, 6.45) is -0.165. The minimum absolute atomic E-state index is 0.134. The molecule has 0 aromatic heterocycles. The maximum atomic E-state index is 11.6. The highest BCUT2D eigenvalue weighted by molar-refractivity contribution is 7.86. The third-order valence-electron chi connectivity index (χ3n) is 3.49. The molecule has 1 rings (SSSR count). The molecule has 2 atom stereocenters. The van der Waals surface area contributed by atoms with Gasteiger partial charge in [-0.05, 0) is 36.6 Å². The van der Waals surface area contributed by atoms with Gasteiger partial charge in [-0.2, -0.15) is 8.42 Å². The van der Waals surface area contributed by atoms with Crippen molar-refractivity contribution in [3.63, 3.8) is 0 Å². The van der Waals surface area contributed by atoms with Crippen LogP contribution in [0.3, 0.4) is 0 Å². The molecular weight excluding hydrogens is 441 g/mol. The normalized spacial score (nSPS) is 16.7. The highest BCUT2D eigenvalue weighted by Crippen LogP contribution is 2.44. The number of benzene rings is 1. The van der Waals surface area contributed by atoms with E-state index < -0.39 is 31.2 Å². The second kappa shape index (κ2) is 8.49. The SMILES string of the molecule is CCCC(CC(O)(CC(Cl)(Cl)Cl)c1cc(Cl)cc(Cl)c1)S(=O)(=O)O. The Labute approximate surface area is 166 Å². The molecule has 24 heavy (non-hydrogen) atoms. The fourth-order valence-corrected chi connectivity index (χ4v) is 4.71. The summed E-state index contributed by atoms with van der Waals surface area (Å²) >= 11 is 29.4. The summed E-state index contributed by atoms with van der Waals surface area (Å²) < 4.78 is 30.8. The lowest BCUT2D eigenvalue weighted by Gasteiger charge is -2.34. The highest BCUT2D eigenvalue weighted by Gasteiger charge is 2.42. The number of rotatable bonds is 7. The summed E-state index contributed by atoms with van der Waals surface area (Å²) in [5.41, 5.74) is -1.66. The molecule has 0 radical (unpaired) electrons. The quantitative estimate of drug-likeness (QED) is 0.424. The fourth-order valence-electron chi connectivity index (χ4n) is 2.50. The second-order valence-electron chi connectivity index (χ2n) is 5.61. The van der Waals surface area contributed by atoms with Gasteiger partial charge in [0.05, 0.1) is 10.9 Å². The van der Waals surface area contributed by atoms with Gasteiger partial charge in [0, 0.05) is 16.5 Å². The first kappa shape index (κ1) is 22.6. The summed E-state index contributed by atoms with van der Waals surface area (Å²) in [7, 11) is -4.40. The van der Waals surface area contributed by atoms with Crippen molar-refractivity contribution < 1.29 is 18.1 Å². The van der Waals surface area contributed by atoms with E-state index in [9.17, 15) is 18.1 Å². The molecule has 0 fully saturated rings. The van der Waals surface area contributed by atoms with Crippen molar-refractivity contribution in [1.82, 2.24) is 0 Å². The van der Waals surface area contributed by atoms with Crippen LogP contribution < -0.4 is 0 Å². The van der Waals surface area contributed by atoms with Gasteiger partial charge in [0.1, 0.15) is 0 Å². The van der Waals surface area contributed by atoms with E-state index in [1.165, 1.54) is 18.2 Å². The fraction of sp³-hybridized carbons (Fsp3) is 0.571.